The number of hydrogen-bond acceptors (Lipinski definition) is 7. The Morgan fingerprint density at radius 3 is 2.62 bits per heavy atom. The molecule has 0 saturated carbocycles. The predicted octanol–water partition coefficient (Wildman–Crippen LogP) is 3.09. The van der Waals surface area contributed by atoms with E-state index < -0.39 is 29.4 Å². The largest absolute Gasteiger partial charge is 0.467 e. The molecule has 2 saturated heterocycles. The molecule has 3 rings (SSSR count). The van der Waals surface area contributed by atoms with E-state index in [1.54, 1.807) is 28.9 Å². The van der Waals surface area contributed by atoms with Crippen LogP contribution in [0.25, 0.3) is 0 Å². The van der Waals surface area contributed by atoms with Gasteiger partial charge in [0.25, 0.3) is 0 Å². The number of esters is 2. The van der Waals surface area contributed by atoms with Gasteiger partial charge in [-0.05, 0) is 50.7 Å². The summed E-state index contributed by atoms with van der Waals surface area (Å²) in [6.07, 6.45) is 3.86. The van der Waals surface area contributed by atoms with Gasteiger partial charge in [0.05, 0.1) is 25.3 Å². The lowest BCUT2D eigenvalue weighted by Crippen LogP contribution is -2.58. The molecule has 0 unspecified atom stereocenters. The Bertz CT molecular complexity index is 882. The van der Waals surface area contributed by atoms with Gasteiger partial charge in [-0.25, -0.2) is 0 Å². The first-order valence-electron chi connectivity index (χ1n) is 12.2. The number of carbonyl (C=O) groups excluding carboxylic acids is 4. The second-order valence-corrected chi connectivity index (χ2v) is 9.51. The van der Waals surface area contributed by atoms with Crippen molar-refractivity contribution in [3.05, 3.63) is 24.2 Å². The molecule has 0 N–H and O–H groups in total. The summed E-state index contributed by atoms with van der Waals surface area (Å²) in [6, 6.07) is 2.73. The first-order valence-corrected chi connectivity index (χ1v) is 12.2. The standard InChI is InChI=1S/C25H36N2O7/c1-5-32-23(30)19-16-25(10-6-7-11-26(24(25)31)12-14-33-18(4)28)27(21(29)15-17(2)3)22(19)20-9-8-13-34-20/h8-9,13,17,19,22H,5-7,10-12,14-16H2,1-4H3/t19-,22+,25-/m0/s1. The highest BCUT2D eigenvalue weighted by molar-refractivity contribution is 5.94. The maximum absolute atomic E-state index is 14.1. The third-order valence-electron chi connectivity index (χ3n) is 6.57. The summed E-state index contributed by atoms with van der Waals surface area (Å²) in [5.41, 5.74) is -1.19. The Balaban J connectivity index is 2.07. The summed E-state index contributed by atoms with van der Waals surface area (Å²) in [6.45, 7) is 7.99. The van der Waals surface area contributed by atoms with Gasteiger partial charge in [-0.1, -0.05) is 13.8 Å². The number of ether oxygens (including phenoxy) is 2. The molecule has 0 bridgehead atoms. The normalized spacial score (nSPS) is 25.0. The topological polar surface area (TPSA) is 106 Å². The van der Waals surface area contributed by atoms with Gasteiger partial charge >= 0.3 is 11.9 Å². The van der Waals surface area contributed by atoms with Gasteiger partial charge in [-0.3, -0.25) is 19.2 Å². The molecule has 1 aromatic heterocycles. The van der Waals surface area contributed by atoms with Crippen molar-refractivity contribution in [2.24, 2.45) is 11.8 Å². The van der Waals surface area contributed by atoms with Crippen LogP contribution in [0, 0.1) is 11.8 Å². The minimum Gasteiger partial charge on any atom is -0.467 e. The molecular formula is C25H36N2O7. The average molecular weight is 477 g/mol. The number of amides is 2. The first kappa shape index (κ1) is 25.8. The van der Waals surface area contributed by atoms with E-state index in [-0.39, 0.29) is 50.3 Å². The summed E-state index contributed by atoms with van der Waals surface area (Å²) in [7, 11) is 0. The first-order chi connectivity index (χ1) is 16.2. The third kappa shape index (κ3) is 5.28. The fourth-order valence-corrected chi connectivity index (χ4v) is 5.26. The van der Waals surface area contributed by atoms with Gasteiger partial charge in [0.1, 0.15) is 23.9 Å². The zero-order valence-corrected chi connectivity index (χ0v) is 20.6. The molecule has 3 heterocycles. The van der Waals surface area contributed by atoms with Crippen molar-refractivity contribution >= 4 is 23.8 Å². The van der Waals surface area contributed by atoms with Gasteiger partial charge in [0.2, 0.25) is 11.8 Å². The summed E-state index contributed by atoms with van der Waals surface area (Å²) in [5.74, 6) is -1.42. The number of hydrogen-bond donors (Lipinski definition) is 0. The highest BCUT2D eigenvalue weighted by Crippen LogP contribution is 2.51. The highest BCUT2D eigenvalue weighted by Gasteiger charge is 2.62. The molecule has 34 heavy (non-hydrogen) atoms. The lowest BCUT2D eigenvalue weighted by molar-refractivity contribution is -0.155. The number of furan rings is 1. The molecule has 0 aromatic carbocycles. The van der Waals surface area contributed by atoms with Crippen LogP contribution in [-0.2, 0) is 28.7 Å². The van der Waals surface area contributed by atoms with E-state index in [1.807, 2.05) is 13.8 Å². The summed E-state index contributed by atoms with van der Waals surface area (Å²) >= 11 is 0. The summed E-state index contributed by atoms with van der Waals surface area (Å²) < 4.78 is 16.2. The van der Waals surface area contributed by atoms with Crippen LogP contribution in [0.2, 0.25) is 0 Å². The van der Waals surface area contributed by atoms with Gasteiger partial charge in [0.15, 0.2) is 0 Å². The molecule has 3 atom stereocenters. The molecule has 1 spiro atoms. The van der Waals surface area contributed by atoms with Crippen molar-refractivity contribution in [1.29, 1.82) is 0 Å². The average Bonchev–Trinajstić information content (AvgIpc) is 3.37. The fraction of sp³-hybridized carbons (Fsp3) is 0.680. The molecule has 0 aliphatic carbocycles. The minimum absolute atomic E-state index is 0.0735. The van der Waals surface area contributed by atoms with E-state index in [9.17, 15) is 19.2 Å². The molecular weight excluding hydrogens is 440 g/mol. The summed E-state index contributed by atoms with van der Waals surface area (Å²) in [5, 5.41) is 0. The molecule has 2 aliphatic heterocycles. The van der Waals surface area contributed by atoms with E-state index in [1.165, 1.54) is 13.2 Å². The molecule has 2 fully saturated rings. The number of likely N-dealkylation sites (tertiary alicyclic amines) is 2. The van der Waals surface area contributed by atoms with E-state index in [4.69, 9.17) is 13.9 Å². The van der Waals surface area contributed by atoms with Crippen molar-refractivity contribution in [3.63, 3.8) is 0 Å². The van der Waals surface area contributed by atoms with Crippen molar-refractivity contribution in [3.8, 4) is 0 Å². The molecule has 9 heteroatoms. The van der Waals surface area contributed by atoms with Crippen molar-refractivity contribution in [2.45, 2.75) is 71.4 Å². The van der Waals surface area contributed by atoms with Crippen LogP contribution in [0.15, 0.2) is 22.8 Å². The molecule has 188 valence electrons. The number of carbonyl (C=O) groups is 4. The fourth-order valence-electron chi connectivity index (χ4n) is 5.26. The van der Waals surface area contributed by atoms with Crippen LogP contribution in [0.3, 0.4) is 0 Å². The number of nitrogens with zero attached hydrogens (tertiary/aromatic N) is 2. The van der Waals surface area contributed by atoms with E-state index in [0.717, 1.165) is 12.8 Å². The van der Waals surface area contributed by atoms with Gasteiger partial charge in [-0.2, -0.15) is 0 Å². The maximum atomic E-state index is 14.1. The molecule has 0 radical (unpaired) electrons. The second kappa shape index (κ2) is 11.1. The molecule has 9 nitrogen and oxygen atoms in total. The Morgan fingerprint density at radius 1 is 1.24 bits per heavy atom. The van der Waals surface area contributed by atoms with Gasteiger partial charge in [-0.15, -0.1) is 0 Å². The Hall–Kier alpha value is -2.84. The van der Waals surface area contributed by atoms with Crippen LogP contribution < -0.4 is 0 Å². The number of rotatable bonds is 8. The molecule has 1 aromatic rings. The second-order valence-electron chi connectivity index (χ2n) is 9.51. The van der Waals surface area contributed by atoms with Crippen LogP contribution in [0.5, 0.6) is 0 Å². The third-order valence-corrected chi connectivity index (χ3v) is 6.57. The van der Waals surface area contributed by atoms with Crippen LogP contribution in [-0.4, -0.2) is 65.4 Å². The van der Waals surface area contributed by atoms with E-state index in [0.29, 0.717) is 18.7 Å². The minimum atomic E-state index is -1.19. The SMILES string of the molecule is CCOC(=O)[C@H]1C[C@]2(CCCCN(CCOC(C)=O)C2=O)N(C(=O)CC(C)C)[C@H]1c1ccco1. The Labute approximate surface area is 200 Å². The van der Waals surface area contributed by atoms with E-state index >= 15 is 0 Å². The van der Waals surface area contributed by atoms with Crippen LogP contribution in [0.1, 0.15) is 71.6 Å². The predicted molar refractivity (Wildman–Crippen MR) is 122 cm³/mol. The lowest BCUT2D eigenvalue weighted by atomic mass is 9.85. The van der Waals surface area contributed by atoms with Gasteiger partial charge in [0, 0.05) is 19.9 Å². The highest BCUT2D eigenvalue weighted by atomic mass is 16.5. The lowest BCUT2D eigenvalue weighted by Gasteiger charge is -2.41. The molecule has 2 aliphatic rings. The van der Waals surface area contributed by atoms with Crippen molar-refractivity contribution < 1.29 is 33.1 Å². The van der Waals surface area contributed by atoms with Crippen molar-refractivity contribution in [1.82, 2.24) is 9.80 Å². The zero-order valence-electron chi connectivity index (χ0n) is 20.6. The summed E-state index contributed by atoms with van der Waals surface area (Å²) in [4.78, 5) is 55.5. The van der Waals surface area contributed by atoms with E-state index in [2.05, 4.69) is 0 Å². The monoisotopic (exact) mass is 476 g/mol. The molecule has 2 amide bonds. The smallest absolute Gasteiger partial charge is 0.311 e. The zero-order chi connectivity index (χ0) is 24.9. The van der Waals surface area contributed by atoms with Crippen LogP contribution >= 0.6 is 0 Å². The Morgan fingerprint density at radius 2 is 2.00 bits per heavy atom. The van der Waals surface area contributed by atoms with Crippen molar-refractivity contribution in [2.75, 3.05) is 26.3 Å². The quantitative estimate of drug-likeness (QED) is 0.531. The maximum Gasteiger partial charge on any atom is 0.311 e. The van der Waals surface area contributed by atoms with Crippen LogP contribution in [0.4, 0.5) is 0 Å². The Kier molecular flexibility index (Phi) is 8.38. The van der Waals surface area contributed by atoms with Gasteiger partial charge < -0.3 is 23.7 Å².